The van der Waals surface area contributed by atoms with Crippen LogP contribution in [0.2, 0.25) is 5.02 Å². The average molecular weight is 558 g/mol. The molecule has 0 aromatic heterocycles. The second kappa shape index (κ2) is 13.3. The van der Waals surface area contributed by atoms with Crippen molar-refractivity contribution < 1.29 is 14.3 Å². The van der Waals surface area contributed by atoms with E-state index in [4.69, 9.17) is 16.3 Å². The van der Waals surface area contributed by atoms with Crippen LogP contribution in [0.5, 0.6) is 5.75 Å². The maximum Gasteiger partial charge on any atom is 0.261 e. The number of amides is 2. The molecule has 0 fully saturated rings. The Bertz CT molecular complexity index is 1110. The molecule has 5 nitrogen and oxygen atoms in total. The highest BCUT2D eigenvalue weighted by Crippen LogP contribution is 2.28. The summed E-state index contributed by atoms with van der Waals surface area (Å²) in [4.78, 5) is 28.6. The lowest BCUT2D eigenvalue weighted by Gasteiger charge is -2.32. The summed E-state index contributed by atoms with van der Waals surface area (Å²) >= 11 is 9.44. The van der Waals surface area contributed by atoms with Crippen LogP contribution in [0.15, 0.2) is 83.3 Å². The lowest BCUT2D eigenvalue weighted by atomic mass is 10.0. The zero-order valence-corrected chi connectivity index (χ0v) is 22.3. The van der Waals surface area contributed by atoms with Gasteiger partial charge in [-0.05, 0) is 58.6 Å². The quantitative estimate of drug-likeness (QED) is 0.313. The first-order chi connectivity index (χ1) is 16.9. The van der Waals surface area contributed by atoms with Gasteiger partial charge in [0.15, 0.2) is 6.61 Å². The lowest BCUT2D eigenvalue weighted by molar-refractivity contribution is -0.143. The minimum Gasteiger partial charge on any atom is -0.483 e. The second-order valence-electron chi connectivity index (χ2n) is 8.39. The van der Waals surface area contributed by atoms with E-state index in [0.717, 1.165) is 17.5 Å². The molecule has 184 valence electrons. The summed E-state index contributed by atoms with van der Waals surface area (Å²) in [6.07, 6.45) is 1.19. The van der Waals surface area contributed by atoms with Crippen molar-refractivity contribution in [3.05, 3.63) is 99.5 Å². The molecule has 3 aromatic carbocycles. The molecular weight excluding hydrogens is 528 g/mol. The third-order valence-electron chi connectivity index (χ3n) is 5.71. The smallest absolute Gasteiger partial charge is 0.261 e. The predicted molar refractivity (Wildman–Crippen MR) is 143 cm³/mol. The zero-order chi connectivity index (χ0) is 25.2. The molecule has 3 rings (SSSR count). The number of hydrogen-bond donors (Lipinski definition) is 1. The van der Waals surface area contributed by atoms with E-state index >= 15 is 0 Å². The van der Waals surface area contributed by atoms with Crippen molar-refractivity contribution in [3.8, 4) is 5.75 Å². The third-order valence-corrected chi connectivity index (χ3v) is 6.57. The van der Waals surface area contributed by atoms with Crippen LogP contribution in [-0.2, 0) is 22.6 Å². The monoisotopic (exact) mass is 556 g/mol. The molecule has 0 spiro atoms. The molecule has 2 amide bonds. The molecule has 1 N–H and O–H groups in total. The van der Waals surface area contributed by atoms with E-state index in [1.807, 2.05) is 74.5 Å². The first-order valence-electron chi connectivity index (χ1n) is 11.6. The van der Waals surface area contributed by atoms with E-state index in [-0.39, 0.29) is 31.0 Å². The first-order valence-corrected chi connectivity index (χ1v) is 12.8. The van der Waals surface area contributed by atoms with Gasteiger partial charge >= 0.3 is 0 Å². The second-order valence-corrected chi connectivity index (χ2v) is 9.68. The van der Waals surface area contributed by atoms with Crippen molar-refractivity contribution in [3.63, 3.8) is 0 Å². The van der Waals surface area contributed by atoms with Crippen molar-refractivity contribution in [2.75, 3.05) is 6.61 Å². The summed E-state index contributed by atoms with van der Waals surface area (Å²) in [7, 11) is 0. The Balaban J connectivity index is 1.90. The Hall–Kier alpha value is -2.83. The molecule has 0 bridgehead atoms. The highest BCUT2D eigenvalue weighted by atomic mass is 79.9. The molecule has 7 heteroatoms. The molecule has 0 saturated carbocycles. The summed E-state index contributed by atoms with van der Waals surface area (Å²) < 4.78 is 6.48. The summed E-state index contributed by atoms with van der Waals surface area (Å²) in [6.45, 7) is 4.05. The molecule has 0 aliphatic heterocycles. The Morgan fingerprint density at radius 3 is 2.23 bits per heavy atom. The zero-order valence-electron chi connectivity index (χ0n) is 19.9. The minimum atomic E-state index is -0.698. The fraction of sp³-hybridized carbons (Fsp3) is 0.286. The molecule has 0 aliphatic carbocycles. The van der Waals surface area contributed by atoms with E-state index in [0.29, 0.717) is 21.7 Å². The van der Waals surface area contributed by atoms with Gasteiger partial charge in [-0.2, -0.15) is 0 Å². The Morgan fingerprint density at radius 1 is 1.00 bits per heavy atom. The van der Waals surface area contributed by atoms with Crippen LogP contribution in [0, 0.1) is 0 Å². The number of hydrogen-bond acceptors (Lipinski definition) is 3. The molecule has 2 unspecified atom stereocenters. The number of halogens is 2. The number of carbonyl (C=O) groups is 2. The number of rotatable bonds is 11. The van der Waals surface area contributed by atoms with Gasteiger partial charge in [0.25, 0.3) is 5.91 Å². The van der Waals surface area contributed by atoms with Gasteiger partial charge in [-0.1, -0.05) is 79.2 Å². The third kappa shape index (κ3) is 8.11. The number of nitrogens with zero attached hydrogens (tertiary/aromatic N) is 1. The van der Waals surface area contributed by atoms with Crippen LogP contribution in [-0.4, -0.2) is 35.4 Å². The fourth-order valence-corrected chi connectivity index (χ4v) is 4.39. The minimum absolute atomic E-state index is 0.00396. The van der Waals surface area contributed by atoms with E-state index in [1.54, 1.807) is 23.1 Å². The average Bonchev–Trinajstić information content (AvgIpc) is 2.86. The summed E-state index contributed by atoms with van der Waals surface area (Å²) in [5, 5.41) is 3.63. The number of benzene rings is 3. The highest BCUT2D eigenvalue weighted by Gasteiger charge is 2.31. The van der Waals surface area contributed by atoms with Gasteiger partial charge in [-0.25, -0.2) is 0 Å². The largest absolute Gasteiger partial charge is 0.483 e. The maximum absolute atomic E-state index is 13.6. The topological polar surface area (TPSA) is 58.6 Å². The van der Waals surface area contributed by atoms with Gasteiger partial charge in [0.1, 0.15) is 11.8 Å². The molecular formula is C28H30BrClN2O3. The molecule has 35 heavy (non-hydrogen) atoms. The summed E-state index contributed by atoms with van der Waals surface area (Å²) in [5.74, 6) is 0.0437. The lowest BCUT2D eigenvalue weighted by Crippen LogP contribution is -2.53. The van der Waals surface area contributed by atoms with Crippen LogP contribution in [0.3, 0.4) is 0 Å². The Kier molecular flexibility index (Phi) is 10.2. The van der Waals surface area contributed by atoms with E-state index in [9.17, 15) is 9.59 Å². The molecule has 0 saturated heterocycles. The van der Waals surface area contributed by atoms with Crippen LogP contribution in [0.1, 0.15) is 31.4 Å². The number of carbonyl (C=O) groups excluding carboxylic acids is 2. The van der Waals surface area contributed by atoms with Crippen molar-refractivity contribution in [2.45, 2.75) is 45.3 Å². The Morgan fingerprint density at radius 2 is 1.63 bits per heavy atom. The van der Waals surface area contributed by atoms with Crippen LogP contribution < -0.4 is 10.1 Å². The SMILES string of the molecule is CCC(C)NC(=O)C(Cc1ccccc1)N(Cc1ccccc1)C(=O)COc1ccc(Cl)cc1Br. The molecule has 0 radical (unpaired) electrons. The normalized spacial score (nSPS) is 12.5. The molecule has 2 atom stereocenters. The van der Waals surface area contributed by atoms with Crippen LogP contribution in [0.4, 0.5) is 0 Å². The summed E-state index contributed by atoms with van der Waals surface area (Å²) in [6, 6.07) is 23.8. The number of ether oxygens (including phenoxy) is 1. The van der Waals surface area contributed by atoms with Gasteiger partial charge in [0.05, 0.1) is 4.47 Å². The van der Waals surface area contributed by atoms with Gasteiger partial charge in [-0.15, -0.1) is 0 Å². The van der Waals surface area contributed by atoms with Crippen molar-refractivity contribution >= 4 is 39.3 Å². The van der Waals surface area contributed by atoms with Gasteiger partial charge in [-0.3, -0.25) is 9.59 Å². The van der Waals surface area contributed by atoms with Crippen molar-refractivity contribution in [1.29, 1.82) is 0 Å². The first kappa shape index (κ1) is 26.8. The van der Waals surface area contributed by atoms with E-state index in [2.05, 4.69) is 21.2 Å². The van der Waals surface area contributed by atoms with Crippen LogP contribution in [0.25, 0.3) is 0 Å². The molecule has 0 heterocycles. The van der Waals surface area contributed by atoms with Gasteiger partial charge in [0.2, 0.25) is 5.91 Å². The van der Waals surface area contributed by atoms with Gasteiger partial charge in [0, 0.05) is 24.0 Å². The van der Waals surface area contributed by atoms with Crippen molar-refractivity contribution in [1.82, 2.24) is 10.2 Å². The van der Waals surface area contributed by atoms with Crippen LogP contribution >= 0.6 is 27.5 Å². The van der Waals surface area contributed by atoms with E-state index < -0.39 is 6.04 Å². The standard InChI is InChI=1S/C28H30BrClN2O3/c1-3-20(2)31-28(34)25(16-21-10-6-4-7-11-21)32(18-22-12-8-5-9-13-22)27(33)19-35-26-15-14-23(30)17-24(26)29/h4-15,17,20,25H,3,16,18-19H2,1-2H3,(H,31,34). The highest BCUT2D eigenvalue weighted by molar-refractivity contribution is 9.10. The fourth-order valence-electron chi connectivity index (χ4n) is 3.59. The number of nitrogens with one attached hydrogen (secondary N) is 1. The maximum atomic E-state index is 13.6. The van der Waals surface area contributed by atoms with E-state index in [1.165, 1.54) is 0 Å². The molecule has 0 aliphatic rings. The van der Waals surface area contributed by atoms with Crippen molar-refractivity contribution in [2.24, 2.45) is 0 Å². The predicted octanol–water partition coefficient (Wildman–Crippen LogP) is 6.04. The Labute approximate surface area is 220 Å². The summed E-state index contributed by atoms with van der Waals surface area (Å²) in [5.41, 5.74) is 1.91. The molecule has 3 aromatic rings. The van der Waals surface area contributed by atoms with Gasteiger partial charge < -0.3 is 15.0 Å².